The van der Waals surface area contributed by atoms with Crippen LogP contribution >= 0.6 is 11.6 Å². The fraction of sp³-hybridized carbons (Fsp3) is 0.0625. The second-order valence-corrected chi connectivity index (χ2v) is 4.87. The van der Waals surface area contributed by atoms with Crippen molar-refractivity contribution < 1.29 is 19.0 Å². The van der Waals surface area contributed by atoms with Crippen LogP contribution in [-0.4, -0.2) is 11.1 Å². The van der Waals surface area contributed by atoms with E-state index in [1.54, 1.807) is 0 Å². The first-order valence-corrected chi connectivity index (χ1v) is 6.62. The highest BCUT2D eigenvalue weighted by Gasteiger charge is 2.20. The summed E-state index contributed by atoms with van der Waals surface area (Å²) in [6, 6.07) is 11.6. The van der Waals surface area contributed by atoms with Crippen molar-refractivity contribution in [3.05, 3.63) is 58.1 Å². The van der Waals surface area contributed by atoms with Gasteiger partial charge in [0.05, 0.1) is 28.3 Å². The highest BCUT2D eigenvalue weighted by atomic mass is 35.5. The van der Waals surface area contributed by atoms with Crippen molar-refractivity contribution in [3.8, 4) is 23.6 Å². The van der Waals surface area contributed by atoms with Crippen molar-refractivity contribution in [2.45, 2.75) is 6.17 Å². The zero-order valence-corrected chi connectivity index (χ0v) is 12.2. The molecule has 0 saturated carbocycles. The number of nitrogens with zero attached hydrogens (tertiary/aromatic N) is 2. The first kappa shape index (κ1) is 16.3. The van der Waals surface area contributed by atoms with Crippen LogP contribution in [0.5, 0.6) is 11.5 Å². The molecule has 5 nitrogen and oxygen atoms in total. The molecular formula is C16H8ClFN2O3. The van der Waals surface area contributed by atoms with E-state index in [9.17, 15) is 9.18 Å². The maximum atomic E-state index is 13.6. The minimum atomic E-state index is -2.21. The molecule has 0 aliphatic carbocycles. The number of benzene rings is 2. The maximum absolute atomic E-state index is 13.6. The number of rotatable bonds is 4. The minimum absolute atomic E-state index is 0.0204. The Kier molecular flexibility index (Phi) is 4.80. The van der Waals surface area contributed by atoms with Gasteiger partial charge in [0.1, 0.15) is 11.5 Å². The molecule has 0 radical (unpaired) electrons. The topological polar surface area (TPSA) is 94.1 Å². The zero-order valence-electron chi connectivity index (χ0n) is 11.5. The van der Waals surface area contributed by atoms with Crippen molar-refractivity contribution in [2.24, 2.45) is 0 Å². The Balaban J connectivity index is 2.41. The van der Waals surface area contributed by atoms with Gasteiger partial charge in [0, 0.05) is 5.56 Å². The second kappa shape index (κ2) is 6.78. The smallest absolute Gasteiger partial charge is 0.343 e. The Morgan fingerprint density at radius 2 is 1.78 bits per heavy atom. The van der Waals surface area contributed by atoms with Gasteiger partial charge in [0.2, 0.25) is 6.17 Å². The van der Waals surface area contributed by atoms with Crippen molar-refractivity contribution in [2.75, 3.05) is 0 Å². The number of hydrogen-bond acceptors (Lipinski definition) is 4. The average Bonchev–Trinajstić information content (AvgIpc) is 2.55. The molecule has 0 fully saturated rings. The van der Waals surface area contributed by atoms with Crippen LogP contribution in [0.15, 0.2) is 36.4 Å². The molecule has 2 aromatic carbocycles. The van der Waals surface area contributed by atoms with Gasteiger partial charge in [0.15, 0.2) is 0 Å². The lowest BCUT2D eigenvalue weighted by Gasteiger charge is -2.11. The number of carboxylic acids is 1. The van der Waals surface area contributed by atoms with Crippen LogP contribution in [0.4, 0.5) is 4.39 Å². The van der Waals surface area contributed by atoms with Gasteiger partial charge < -0.3 is 9.84 Å². The molecule has 2 rings (SSSR count). The molecule has 0 aromatic heterocycles. The molecule has 1 N–H and O–H groups in total. The Morgan fingerprint density at radius 1 is 1.17 bits per heavy atom. The molecule has 0 aliphatic heterocycles. The normalized spacial score (nSPS) is 11.1. The standard InChI is InChI=1S/C16H8ClFN2O3/c17-13-2-1-11(15(18)16(21)22)6-14(13)23-12-4-9(7-19)3-10(5-12)8-20/h1-6,15H,(H,21,22). The van der Waals surface area contributed by atoms with Crippen LogP contribution in [-0.2, 0) is 4.79 Å². The molecule has 7 heteroatoms. The first-order valence-electron chi connectivity index (χ1n) is 6.24. The van der Waals surface area contributed by atoms with Gasteiger partial charge in [-0.25, -0.2) is 9.18 Å². The summed E-state index contributed by atoms with van der Waals surface area (Å²) in [4.78, 5) is 10.7. The molecule has 1 unspecified atom stereocenters. The highest BCUT2D eigenvalue weighted by Crippen LogP contribution is 2.33. The molecule has 0 heterocycles. The second-order valence-electron chi connectivity index (χ2n) is 4.46. The van der Waals surface area contributed by atoms with Crippen LogP contribution in [0.2, 0.25) is 5.02 Å². The van der Waals surface area contributed by atoms with Crippen molar-refractivity contribution in [3.63, 3.8) is 0 Å². The molecule has 1 atom stereocenters. The summed E-state index contributed by atoms with van der Waals surface area (Å²) in [5.74, 6) is -1.45. The fourth-order valence-electron chi connectivity index (χ4n) is 1.81. The number of carboxylic acid groups (broad SMARTS) is 1. The summed E-state index contributed by atoms with van der Waals surface area (Å²) >= 11 is 5.95. The summed E-state index contributed by atoms with van der Waals surface area (Å²) in [5, 5.41) is 26.7. The SMILES string of the molecule is N#Cc1cc(C#N)cc(Oc2cc(C(F)C(=O)O)ccc2Cl)c1. The lowest BCUT2D eigenvalue weighted by molar-refractivity contribution is -0.143. The van der Waals surface area contributed by atoms with E-state index >= 15 is 0 Å². The highest BCUT2D eigenvalue weighted by molar-refractivity contribution is 6.32. The molecule has 114 valence electrons. The van der Waals surface area contributed by atoms with Gasteiger partial charge in [-0.1, -0.05) is 17.7 Å². The van der Waals surface area contributed by atoms with E-state index < -0.39 is 12.1 Å². The van der Waals surface area contributed by atoms with E-state index in [-0.39, 0.29) is 33.2 Å². The average molecular weight is 331 g/mol. The van der Waals surface area contributed by atoms with Crippen LogP contribution in [0.25, 0.3) is 0 Å². The van der Waals surface area contributed by atoms with Crippen LogP contribution in [0.3, 0.4) is 0 Å². The zero-order chi connectivity index (χ0) is 17.0. The van der Waals surface area contributed by atoms with Gasteiger partial charge in [-0.2, -0.15) is 10.5 Å². The van der Waals surface area contributed by atoms with E-state index in [0.717, 1.165) is 6.07 Å². The number of aliphatic carboxylic acids is 1. The predicted molar refractivity (Wildman–Crippen MR) is 78.9 cm³/mol. The van der Waals surface area contributed by atoms with E-state index in [0.29, 0.717) is 0 Å². The minimum Gasteiger partial charge on any atom is -0.479 e. The summed E-state index contributed by atoms with van der Waals surface area (Å²) in [7, 11) is 0. The first-order chi connectivity index (χ1) is 10.9. The summed E-state index contributed by atoms with van der Waals surface area (Å²) in [5.41, 5.74) is 0.286. The molecule has 23 heavy (non-hydrogen) atoms. The Morgan fingerprint density at radius 3 is 2.30 bits per heavy atom. The summed E-state index contributed by atoms with van der Waals surface area (Å²) in [6.45, 7) is 0. The van der Waals surface area contributed by atoms with Crippen molar-refractivity contribution in [1.82, 2.24) is 0 Å². The van der Waals surface area contributed by atoms with Crippen molar-refractivity contribution >= 4 is 17.6 Å². The van der Waals surface area contributed by atoms with Gasteiger partial charge >= 0.3 is 5.97 Å². The van der Waals surface area contributed by atoms with Gasteiger partial charge in [-0.15, -0.1) is 0 Å². The fourth-order valence-corrected chi connectivity index (χ4v) is 1.97. The number of carbonyl (C=O) groups is 1. The number of nitriles is 2. The van der Waals surface area contributed by atoms with Gasteiger partial charge in [-0.05, 0) is 30.3 Å². The maximum Gasteiger partial charge on any atom is 0.343 e. The third-order valence-corrected chi connectivity index (χ3v) is 3.17. The quantitative estimate of drug-likeness (QED) is 0.915. The van der Waals surface area contributed by atoms with E-state index in [2.05, 4.69) is 0 Å². The summed E-state index contributed by atoms with van der Waals surface area (Å²) < 4.78 is 19.0. The molecule has 0 amide bonds. The summed E-state index contributed by atoms with van der Waals surface area (Å²) in [6.07, 6.45) is -2.21. The number of ether oxygens (including phenoxy) is 1. The Bertz CT molecular complexity index is 823. The predicted octanol–water partition coefficient (Wildman–Crippen LogP) is 3.97. The van der Waals surface area contributed by atoms with Crippen molar-refractivity contribution in [1.29, 1.82) is 10.5 Å². The third-order valence-electron chi connectivity index (χ3n) is 2.86. The number of hydrogen-bond donors (Lipinski definition) is 1. The lowest BCUT2D eigenvalue weighted by atomic mass is 10.1. The molecule has 2 aromatic rings. The number of halogens is 2. The Hall–Kier alpha value is -3.09. The lowest BCUT2D eigenvalue weighted by Crippen LogP contribution is -2.06. The van der Waals surface area contributed by atoms with E-state index in [1.807, 2.05) is 12.1 Å². The van der Waals surface area contributed by atoms with Gasteiger partial charge in [0.25, 0.3) is 0 Å². The van der Waals surface area contributed by atoms with Gasteiger partial charge in [-0.3, -0.25) is 0 Å². The van der Waals surface area contributed by atoms with Crippen LogP contribution in [0.1, 0.15) is 22.9 Å². The number of alkyl halides is 1. The largest absolute Gasteiger partial charge is 0.479 e. The molecule has 0 bridgehead atoms. The molecular weight excluding hydrogens is 323 g/mol. The van der Waals surface area contributed by atoms with E-state index in [4.69, 9.17) is 32.0 Å². The molecule has 0 spiro atoms. The van der Waals surface area contributed by atoms with Crippen LogP contribution < -0.4 is 4.74 Å². The third kappa shape index (κ3) is 3.76. The van der Waals surface area contributed by atoms with E-state index in [1.165, 1.54) is 30.3 Å². The van der Waals surface area contributed by atoms with Crippen LogP contribution in [0, 0.1) is 22.7 Å². The molecule has 0 aliphatic rings. The molecule has 0 saturated heterocycles. The Labute approximate surface area is 135 Å². The monoisotopic (exact) mass is 330 g/mol.